The second kappa shape index (κ2) is 11.8. The van der Waals surface area contributed by atoms with Crippen LogP contribution in [0.4, 0.5) is 10.1 Å². The lowest BCUT2D eigenvalue weighted by molar-refractivity contribution is -0.139. The number of nitrogens with one attached hydrogen (secondary N) is 1. The summed E-state index contributed by atoms with van der Waals surface area (Å²) in [6.45, 7) is 5.39. The van der Waals surface area contributed by atoms with Gasteiger partial charge in [0, 0.05) is 19.2 Å². The number of ether oxygens (including phenoxy) is 1. The number of halogens is 1. The molecule has 1 unspecified atom stereocenters. The van der Waals surface area contributed by atoms with Gasteiger partial charge in [-0.3, -0.25) is 13.9 Å². The van der Waals surface area contributed by atoms with Crippen molar-refractivity contribution < 1.29 is 27.1 Å². The van der Waals surface area contributed by atoms with E-state index < -0.39 is 34.3 Å². The summed E-state index contributed by atoms with van der Waals surface area (Å²) in [4.78, 5) is 27.5. The van der Waals surface area contributed by atoms with Crippen molar-refractivity contribution in [3.8, 4) is 5.75 Å². The van der Waals surface area contributed by atoms with E-state index in [1.165, 1.54) is 42.3 Å². The van der Waals surface area contributed by atoms with Crippen LogP contribution >= 0.6 is 0 Å². The predicted molar refractivity (Wildman–Crippen MR) is 129 cm³/mol. The molecule has 0 bridgehead atoms. The van der Waals surface area contributed by atoms with Crippen molar-refractivity contribution in [1.29, 1.82) is 0 Å². The van der Waals surface area contributed by atoms with Crippen LogP contribution in [0.3, 0.4) is 0 Å². The van der Waals surface area contributed by atoms with E-state index in [0.717, 1.165) is 10.6 Å². The Bertz CT molecular complexity index is 1090. The molecule has 10 heteroatoms. The first kappa shape index (κ1) is 27.1. The molecule has 0 saturated carbocycles. The molecule has 2 amide bonds. The van der Waals surface area contributed by atoms with Crippen LogP contribution in [0.15, 0.2) is 48.5 Å². The van der Waals surface area contributed by atoms with Crippen molar-refractivity contribution in [3.63, 3.8) is 0 Å². The van der Waals surface area contributed by atoms with E-state index in [4.69, 9.17) is 4.74 Å². The van der Waals surface area contributed by atoms with Gasteiger partial charge in [-0.15, -0.1) is 0 Å². The second-order valence-electron chi connectivity index (χ2n) is 8.43. The number of hydrogen-bond acceptors (Lipinski definition) is 5. The van der Waals surface area contributed by atoms with Crippen LogP contribution in [0.25, 0.3) is 0 Å². The number of amides is 2. The van der Waals surface area contributed by atoms with Gasteiger partial charge in [0.05, 0.1) is 19.1 Å². The Morgan fingerprint density at radius 1 is 1.09 bits per heavy atom. The molecular formula is C24H32FN3O5S. The molecule has 2 aromatic carbocycles. The van der Waals surface area contributed by atoms with Crippen LogP contribution in [-0.2, 0) is 26.2 Å². The van der Waals surface area contributed by atoms with Gasteiger partial charge in [0.25, 0.3) is 0 Å². The number of hydrogen-bond donors (Lipinski definition) is 1. The topological polar surface area (TPSA) is 96.0 Å². The Morgan fingerprint density at radius 2 is 1.74 bits per heavy atom. The van der Waals surface area contributed by atoms with Gasteiger partial charge < -0.3 is 15.0 Å². The van der Waals surface area contributed by atoms with Crippen LogP contribution < -0.4 is 14.4 Å². The maximum atomic E-state index is 13.4. The molecule has 2 rings (SSSR count). The third-order valence-electron chi connectivity index (χ3n) is 5.14. The lowest BCUT2D eigenvalue weighted by Gasteiger charge is -2.31. The maximum absolute atomic E-state index is 13.4. The van der Waals surface area contributed by atoms with Gasteiger partial charge in [-0.05, 0) is 42.7 Å². The Hall–Kier alpha value is -3.14. The molecule has 34 heavy (non-hydrogen) atoms. The van der Waals surface area contributed by atoms with Crippen molar-refractivity contribution >= 4 is 27.5 Å². The van der Waals surface area contributed by atoms with Gasteiger partial charge in [-0.2, -0.15) is 0 Å². The Labute approximate surface area is 200 Å². The molecule has 0 aliphatic rings. The zero-order valence-corrected chi connectivity index (χ0v) is 20.9. The standard InChI is InChI=1S/C24H32FN3O5S/c1-17(2)14-26-24(30)18(3)27(15-19-9-11-20(25)12-10-19)23(29)16-28(34(5,31)32)21-7-6-8-22(13-21)33-4/h6-13,17-18H,14-16H2,1-5H3,(H,26,30). The second-order valence-corrected chi connectivity index (χ2v) is 10.3. The monoisotopic (exact) mass is 493 g/mol. The lowest BCUT2D eigenvalue weighted by Crippen LogP contribution is -2.51. The maximum Gasteiger partial charge on any atom is 0.244 e. The van der Waals surface area contributed by atoms with Gasteiger partial charge in [-0.1, -0.05) is 32.0 Å². The first-order valence-corrected chi connectivity index (χ1v) is 12.7. The number of anilines is 1. The Morgan fingerprint density at radius 3 is 2.29 bits per heavy atom. The highest BCUT2D eigenvalue weighted by Crippen LogP contribution is 2.23. The molecular weight excluding hydrogens is 461 g/mol. The van der Waals surface area contributed by atoms with E-state index in [2.05, 4.69) is 5.32 Å². The number of benzene rings is 2. The van der Waals surface area contributed by atoms with Gasteiger partial charge in [0.15, 0.2) is 0 Å². The highest BCUT2D eigenvalue weighted by Gasteiger charge is 2.30. The van der Waals surface area contributed by atoms with Gasteiger partial charge in [0.2, 0.25) is 21.8 Å². The third kappa shape index (κ3) is 7.72. The smallest absolute Gasteiger partial charge is 0.244 e. The van der Waals surface area contributed by atoms with Crippen LogP contribution in [0.5, 0.6) is 5.75 Å². The minimum atomic E-state index is -3.84. The molecule has 186 valence electrons. The molecule has 2 aromatic rings. The summed E-state index contributed by atoms with van der Waals surface area (Å²) < 4.78 is 44.6. The molecule has 1 atom stereocenters. The summed E-state index contributed by atoms with van der Waals surface area (Å²) in [5.41, 5.74) is 0.861. The first-order valence-electron chi connectivity index (χ1n) is 10.9. The number of carbonyl (C=O) groups is 2. The lowest BCUT2D eigenvalue weighted by atomic mass is 10.1. The SMILES string of the molecule is COc1cccc(N(CC(=O)N(Cc2ccc(F)cc2)C(C)C(=O)NCC(C)C)S(C)(=O)=O)c1. The van der Waals surface area contributed by atoms with Crippen LogP contribution in [0.1, 0.15) is 26.3 Å². The molecule has 0 aromatic heterocycles. The third-order valence-corrected chi connectivity index (χ3v) is 6.28. The fourth-order valence-corrected chi connectivity index (χ4v) is 4.04. The van der Waals surface area contributed by atoms with E-state index >= 15 is 0 Å². The zero-order chi connectivity index (χ0) is 25.5. The van der Waals surface area contributed by atoms with Crippen LogP contribution in [-0.4, -0.2) is 57.6 Å². The summed E-state index contributed by atoms with van der Waals surface area (Å²) in [5, 5.41) is 2.80. The summed E-state index contributed by atoms with van der Waals surface area (Å²) >= 11 is 0. The molecule has 0 saturated heterocycles. The van der Waals surface area contributed by atoms with Gasteiger partial charge in [0.1, 0.15) is 24.2 Å². The predicted octanol–water partition coefficient (Wildman–Crippen LogP) is 2.79. The van der Waals surface area contributed by atoms with E-state index in [0.29, 0.717) is 17.9 Å². The van der Waals surface area contributed by atoms with Crippen LogP contribution in [0.2, 0.25) is 0 Å². The van der Waals surface area contributed by atoms with Crippen molar-refractivity contribution in [2.45, 2.75) is 33.4 Å². The van der Waals surface area contributed by atoms with Crippen molar-refractivity contribution in [2.75, 3.05) is 30.8 Å². The summed E-state index contributed by atoms with van der Waals surface area (Å²) in [6, 6.07) is 11.0. The number of carbonyl (C=O) groups excluding carboxylic acids is 2. The average Bonchev–Trinajstić information content (AvgIpc) is 2.79. The summed E-state index contributed by atoms with van der Waals surface area (Å²) in [7, 11) is -2.38. The number of sulfonamides is 1. The molecule has 0 aliphatic heterocycles. The first-order chi connectivity index (χ1) is 15.9. The zero-order valence-electron chi connectivity index (χ0n) is 20.1. The van der Waals surface area contributed by atoms with Gasteiger partial charge >= 0.3 is 0 Å². The van der Waals surface area contributed by atoms with Crippen molar-refractivity contribution in [2.24, 2.45) is 5.92 Å². The van der Waals surface area contributed by atoms with Crippen LogP contribution in [0, 0.1) is 11.7 Å². The molecule has 0 radical (unpaired) electrons. The van der Waals surface area contributed by atoms with E-state index in [9.17, 15) is 22.4 Å². The average molecular weight is 494 g/mol. The normalized spacial score (nSPS) is 12.2. The summed E-state index contributed by atoms with van der Waals surface area (Å²) in [5.74, 6) is -0.721. The Kier molecular flexibility index (Phi) is 9.43. The highest BCUT2D eigenvalue weighted by molar-refractivity contribution is 7.92. The van der Waals surface area contributed by atoms with Crippen molar-refractivity contribution in [3.05, 3.63) is 59.9 Å². The van der Waals surface area contributed by atoms with E-state index in [-0.39, 0.29) is 24.1 Å². The largest absolute Gasteiger partial charge is 0.497 e. The fourth-order valence-electron chi connectivity index (χ4n) is 3.20. The molecule has 0 fully saturated rings. The summed E-state index contributed by atoms with van der Waals surface area (Å²) in [6.07, 6.45) is 1.00. The highest BCUT2D eigenvalue weighted by atomic mass is 32.2. The molecule has 0 spiro atoms. The molecule has 1 N–H and O–H groups in total. The molecule has 0 heterocycles. The number of rotatable bonds is 11. The van der Waals surface area contributed by atoms with Gasteiger partial charge in [-0.25, -0.2) is 12.8 Å². The minimum Gasteiger partial charge on any atom is -0.497 e. The number of methoxy groups -OCH3 is 1. The van der Waals surface area contributed by atoms with E-state index in [1.807, 2.05) is 13.8 Å². The number of nitrogens with zero attached hydrogens (tertiary/aromatic N) is 2. The Balaban J connectivity index is 2.37. The molecule has 0 aliphatic carbocycles. The van der Waals surface area contributed by atoms with Crippen molar-refractivity contribution in [1.82, 2.24) is 10.2 Å². The fraction of sp³-hybridized carbons (Fsp3) is 0.417. The van der Waals surface area contributed by atoms with E-state index in [1.54, 1.807) is 25.1 Å². The molecule has 8 nitrogen and oxygen atoms in total. The quantitative estimate of drug-likeness (QED) is 0.519. The minimum absolute atomic E-state index is 0.00505.